The zero-order valence-corrected chi connectivity index (χ0v) is 13.3. The molecule has 0 radical (unpaired) electrons. The molecule has 0 fully saturated rings. The molecular formula is C20H17NO3. The van der Waals surface area contributed by atoms with Crippen LogP contribution in [-0.4, -0.2) is 18.5 Å². The first-order chi connectivity index (χ1) is 11.6. The van der Waals surface area contributed by atoms with Crippen LogP contribution in [0.2, 0.25) is 0 Å². The molecule has 0 saturated heterocycles. The Kier molecular flexibility index (Phi) is 4.57. The lowest BCUT2D eigenvalue weighted by Gasteiger charge is -2.08. The Bertz CT molecular complexity index is 885. The Hall–Kier alpha value is -3.14. The molecule has 4 heteroatoms. The van der Waals surface area contributed by atoms with Crippen LogP contribution in [0.4, 0.5) is 5.69 Å². The number of amides is 1. The number of benzene rings is 3. The second kappa shape index (κ2) is 6.96. The van der Waals surface area contributed by atoms with Crippen LogP contribution in [0.3, 0.4) is 0 Å². The van der Waals surface area contributed by atoms with Crippen molar-refractivity contribution < 1.29 is 14.3 Å². The predicted molar refractivity (Wildman–Crippen MR) is 94.0 cm³/mol. The highest BCUT2D eigenvalue weighted by Crippen LogP contribution is 2.18. The summed E-state index contributed by atoms with van der Waals surface area (Å²) in [5.41, 5.74) is 2.16. The molecule has 0 bridgehead atoms. The van der Waals surface area contributed by atoms with Crippen molar-refractivity contribution in [3.05, 3.63) is 77.9 Å². The summed E-state index contributed by atoms with van der Waals surface area (Å²) < 4.78 is 5.04. The van der Waals surface area contributed by atoms with E-state index in [1.807, 2.05) is 61.5 Å². The van der Waals surface area contributed by atoms with Gasteiger partial charge in [0.2, 0.25) is 0 Å². The number of hydrogen-bond donors (Lipinski definition) is 1. The molecule has 3 aromatic carbocycles. The van der Waals surface area contributed by atoms with Crippen molar-refractivity contribution in [2.75, 3.05) is 11.9 Å². The minimum absolute atomic E-state index is 0.320. The van der Waals surface area contributed by atoms with Crippen LogP contribution >= 0.6 is 0 Å². The zero-order chi connectivity index (χ0) is 16.9. The van der Waals surface area contributed by atoms with Gasteiger partial charge in [-0.15, -0.1) is 0 Å². The van der Waals surface area contributed by atoms with Gasteiger partial charge in [-0.3, -0.25) is 4.79 Å². The molecule has 0 atom stereocenters. The molecule has 4 nitrogen and oxygen atoms in total. The van der Waals surface area contributed by atoms with E-state index in [2.05, 4.69) is 5.32 Å². The van der Waals surface area contributed by atoms with Crippen molar-refractivity contribution >= 4 is 28.3 Å². The standard InChI is InChI=1S/C20H17NO3/c1-14-6-8-16(9-7-14)20(23)24-13-19(22)21-18-11-10-15-4-2-3-5-17(15)12-18/h2-12H,13H2,1H3,(H,21,22). The van der Waals surface area contributed by atoms with Crippen LogP contribution in [0.5, 0.6) is 0 Å². The number of carbonyl (C=O) groups excluding carboxylic acids is 2. The average Bonchev–Trinajstić information content (AvgIpc) is 2.60. The summed E-state index contributed by atoms with van der Waals surface area (Å²) in [7, 11) is 0. The third-order valence-corrected chi connectivity index (χ3v) is 3.65. The average molecular weight is 319 g/mol. The number of ether oxygens (including phenoxy) is 1. The highest BCUT2D eigenvalue weighted by atomic mass is 16.5. The van der Waals surface area contributed by atoms with Crippen LogP contribution in [0, 0.1) is 6.92 Å². The number of hydrogen-bond acceptors (Lipinski definition) is 3. The predicted octanol–water partition coefficient (Wildman–Crippen LogP) is 3.94. The van der Waals surface area contributed by atoms with Gasteiger partial charge < -0.3 is 10.1 Å². The smallest absolute Gasteiger partial charge is 0.338 e. The lowest BCUT2D eigenvalue weighted by molar-refractivity contribution is -0.119. The van der Waals surface area contributed by atoms with Gasteiger partial charge in [0.15, 0.2) is 6.61 Å². The lowest BCUT2D eigenvalue weighted by atomic mass is 10.1. The molecule has 3 rings (SSSR count). The van der Waals surface area contributed by atoms with Crippen LogP contribution in [0.25, 0.3) is 10.8 Å². The van der Waals surface area contributed by atoms with E-state index in [1.54, 1.807) is 12.1 Å². The molecule has 1 N–H and O–H groups in total. The Morgan fingerprint density at radius 1 is 0.917 bits per heavy atom. The SMILES string of the molecule is Cc1ccc(C(=O)OCC(=O)Nc2ccc3ccccc3c2)cc1. The van der Waals surface area contributed by atoms with E-state index in [-0.39, 0.29) is 12.5 Å². The summed E-state index contributed by atoms with van der Waals surface area (Å²) in [6, 6.07) is 20.5. The van der Waals surface area contributed by atoms with Crippen LogP contribution in [0.15, 0.2) is 66.7 Å². The highest BCUT2D eigenvalue weighted by Gasteiger charge is 2.10. The van der Waals surface area contributed by atoms with Crippen LogP contribution in [0.1, 0.15) is 15.9 Å². The monoisotopic (exact) mass is 319 g/mol. The van der Waals surface area contributed by atoms with E-state index in [4.69, 9.17) is 4.74 Å². The van der Waals surface area contributed by atoms with Gasteiger partial charge >= 0.3 is 5.97 Å². The second-order valence-electron chi connectivity index (χ2n) is 5.55. The molecule has 0 aliphatic rings. The molecule has 1 amide bonds. The molecule has 0 aliphatic heterocycles. The Morgan fingerprint density at radius 2 is 1.62 bits per heavy atom. The van der Waals surface area contributed by atoms with E-state index >= 15 is 0 Å². The molecule has 0 saturated carbocycles. The van der Waals surface area contributed by atoms with Crippen molar-refractivity contribution in [2.45, 2.75) is 6.92 Å². The fourth-order valence-corrected chi connectivity index (χ4v) is 2.37. The van der Waals surface area contributed by atoms with Crippen molar-refractivity contribution in [2.24, 2.45) is 0 Å². The molecule has 0 heterocycles. The Balaban J connectivity index is 1.58. The Morgan fingerprint density at radius 3 is 2.38 bits per heavy atom. The number of rotatable bonds is 4. The molecule has 120 valence electrons. The number of anilines is 1. The summed E-state index contributed by atoms with van der Waals surface area (Å²) in [6.45, 7) is 1.62. The van der Waals surface area contributed by atoms with Crippen molar-refractivity contribution in [1.29, 1.82) is 0 Å². The number of fused-ring (bicyclic) bond motifs is 1. The number of aryl methyl sites for hydroxylation is 1. The minimum atomic E-state index is -0.510. The number of nitrogens with one attached hydrogen (secondary N) is 1. The third kappa shape index (κ3) is 3.79. The van der Waals surface area contributed by atoms with Gasteiger partial charge in [0.1, 0.15) is 0 Å². The van der Waals surface area contributed by atoms with Crippen LogP contribution < -0.4 is 5.32 Å². The summed E-state index contributed by atoms with van der Waals surface area (Å²) >= 11 is 0. The van der Waals surface area contributed by atoms with E-state index in [9.17, 15) is 9.59 Å². The molecule has 0 aliphatic carbocycles. The zero-order valence-electron chi connectivity index (χ0n) is 13.3. The van der Waals surface area contributed by atoms with Gasteiger partial charge in [-0.25, -0.2) is 4.79 Å². The molecule has 0 unspecified atom stereocenters. The molecular weight excluding hydrogens is 302 g/mol. The Labute approximate surface area is 140 Å². The second-order valence-corrected chi connectivity index (χ2v) is 5.55. The van der Waals surface area contributed by atoms with Crippen molar-refractivity contribution in [3.63, 3.8) is 0 Å². The van der Waals surface area contributed by atoms with Crippen molar-refractivity contribution in [3.8, 4) is 0 Å². The number of carbonyl (C=O) groups is 2. The molecule has 24 heavy (non-hydrogen) atoms. The fraction of sp³-hybridized carbons (Fsp3) is 0.100. The van der Waals surface area contributed by atoms with E-state index < -0.39 is 5.97 Å². The van der Waals surface area contributed by atoms with Gasteiger partial charge in [-0.2, -0.15) is 0 Å². The topological polar surface area (TPSA) is 55.4 Å². The highest BCUT2D eigenvalue weighted by molar-refractivity contribution is 5.97. The van der Waals surface area contributed by atoms with Crippen molar-refractivity contribution in [1.82, 2.24) is 0 Å². The van der Waals surface area contributed by atoms with Crippen LogP contribution in [-0.2, 0) is 9.53 Å². The van der Waals surface area contributed by atoms with E-state index in [1.165, 1.54) is 0 Å². The largest absolute Gasteiger partial charge is 0.452 e. The summed E-state index contributed by atoms with van der Waals surface area (Å²) in [5, 5.41) is 4.87. The minimum Gasteiger partial charge on any atom is -0.452 e. The first-order valence-corrected chi connectivity index (χ1v) is 7.64. The first-order valence-electron chi connectivity index (χ1n) is 7.64. The third-order valence-electron chi connectivity index (χ3n) is 3.65. The molecule has 3 aromatic rings. The first kappa shape index (κ1) is 15.7. The lowest BCUT2D eigenvalue weighted by Crippen LogP contribution is -2.20. The van der Waals surface area contributed by atoms with Gasteiger partial charge in [0.05, 0.1) is 5.56 Å². The fourth-order valence-electron chi connectivity index (χ4n) is 2.37. The normalized spacial score (nSPS) is 10.4. The maximum absolute atomic E-state index is 12.0. The van der Waals surface area contributed by atoms with E-state index in [0.717, 1.165) is 16.3 Å². The summed E-state index contributed by atoms with van der Waals surface area (Å²) in [6.07, 6.45) is 0. The van der Waals surface area contributed by atoms with Gasteiger partial charge in [-0.1, -0.05) is 48.0 Å². The van der Waals surface area contributed by atoms with Gasteiger partial charge in [0, 0.05) is 5.69 Å². The number of esters is 1. The van der Waals surface area contributed by atoms with Gasteiger partial charge in [-0.05, 0) is 42.0 Å². The maximum Gasteiger partial charge on any atom is 0.338 e. The summed E-state index contributed by atoms with van der Waals surface area (Å²) in [5.74, 6) is -0.880. The van der Waals surface area contributed by atoms with E-state index in [0.29, 0.717) is 11.3 Å². The summed E-state index contributed by atoms with van der Waals surface area (Å²) in [4.78, 5) is 23.8. The van der Waals surface area contributed by atoms with Gasteiger partial charge in [0.25, 0.3) is 5.91 Å². The quantitative estimate of drug-likeness (QED) is 0.741. The molecule has 0 aromatic heterocycles. The molecule has 0 spiro atoms. The maximum atomic E-state index is 12.0.